The van der Waals surface area contributed by atoms with E-state index in [1.54, 1.807) is 0 Å². The monoisotopic (exact) mass is 280 g/mol. The van der Waals surface area contributed by atoms with Crippen LogP contribution in [0.15, 0.2) is 30.3 Å². The molecule has 1 heterocycles. The van der Waals surface area contributed by atoms with Gasteiger partial charge in [0.1, 0.15) is 0 Å². The highest BCUT2D eigenvalue weighted by Gasteiger charge is 2.11. The largest absolute Gasteiger partial charge is 0.312 e. The highest BCUT2D eigenvalue weighted by atomic mass is 35.5. The maximum atomic E-state index is 6.05. The summed E-state index contributed by atoms with van der Waals surface area (Å²) in [6, 6.07) is 11.0. The van der Waals surface area contributed by atoms with E-state index < -0.39 is 0 Å². The first-order valence-electron chi connectivity index (χ1n) is 7.44. The molecule has 1 atom stereocenters. The van der Waals surface area contributed by atoms with Gasteiger partial charge in [0.25, 0.3) is 0 Å². The molecule has 0 aliphatic carbocycles. The van der Waals surface area contributed by atoms with Crippen molar-refractivity contribution in [3.63, 3.8) is 0 Å². The minimum atomic E-state index is 0.391. The van der Waals surface area contributed by atoms with Crippen LogP contribution in [-0.4, -0.2) is 43.0 Å². The first-order valence-corrected chi connectivity index (χ1v) is 7.97. The Hall–Kier alpha value is -0.570. The van der Waals surface area contributed by atoms with Crippen molar-refractivity contribution in [2.45, 2.75) is 31.7 Å². The SMILES string of the molecule is ClCC(Cc1ccccc1)NCCCN1CCCC1. The van der Waals surface area contributed by atoms with E-state index in [2.05, 4.69) is 40.5 Å². The van der Waals surface area contributed by atoms with Gasteiger partial charge in [0.2, 0.25) is 0 Å². The number of nitrogens with one attached hydrogen (secondary N) is 1. The second-order valence-corrected chi connectivity index (χ2v) is 5.71. The fourth-order valence-corrected chi connectivity index (χ4v) is 2.91. The Kier molecular flexibility index (Phi) is 6.69. The van der Waals surface area contributed by atoms with Gasteiger partial charge < -0.3 is 10.2 Å². The van der Waals surface area contributed by atoms with Crippen LogP contribution < -0.4 is 5.32 Å². The molecule has 3 heteroatoms. The second-order valence-electron chi connectivity index (χ2n) is 5.40. The molecular weight excluding hydrogens is 256 g/mol. The molecule has 0 bridgehead atoms. The van der Waals surface area contributed by atoms with Crippen LogP contribution in [0.5, 0.6) is 0 Å². The molecule has 1 fully saturated rings. The molecule has 1 aromatic rings. The zero-order chi connectivity index (χ0) is 13.3. The molecule has 1 saturated heterocycles. The third kappa shape index (κ3) is 5.52. The van der Waals surface area contributed by atoms with Crippen molar-refractivity contribution in [3.8, 4) is 0 Å². The predicted molar refractivity (Wildman–Crippen MR) is 82.9 cm³/mol. The molecule has 1 aliphatic rings. The fourth-order valence-electron chi connectivity index (χ4n) is 2.69. The zero-order valence-electron chi connectivity index (χ0n) is 11.7. The summed E-state index contributed by atoms with van der Waals surface area (Å²) in [5.41, 5.74) is 1.36. The molecule has 0 amide bonds. The lowest BCUT2D eigenvalue weighted by Gasteiger charge is -2.18. The van der Waals surface area contributed by atoms with E-state index in [1.165, 1.54) is 44.5 Å². The van der Waals surface area contributed by atoms with Gasteiger partial charge in [-0.25, -0.2) is 0 Å². The van der Waals surface area contributed by atoms with Crippen LogP contribution >= 0.6 is 11.6 Å². The molecule has 1 aliphatic heterocycles. The smallest absolute Gasteiger partial charge is 0.0380 e. The van der Waals surface area contributed by atoms with Crippen LogP contribution in [0.4, 0.5) is 0 Å². The summed E-state index contributed by atoms with van der Waals surface area (Å²) in [7, 11) is 0. The van der Waals surface area contributed by atoms with Crippen molar-refractivity contribution in [2.75, 3.05) is 32.1 Å². The van der Waals surface area contributed by atoms with Crippen LogP contribution in [0, 0.1) is 0 Å². The molecule has 0 radical (unpaired) electrons. The van der Waals surface area contributed by atoms with Crippen molar-refractivity contribution >= 4 is 11.6 Å². The van der Waals surface area contributed by atoms with Crippen LogP contribution in [0.25, 0.3) is 0 Å². The number of hydrogen-bond donors (Lipinski definition) is 1. The number of halogens is 1. The van der Waals surface area contributed by atoms with Crippen molar-refractivity contribution in [1.29, 1.82) is 0 Å². The van der Waals surface area contributed by atoms with E-state index in [1.807, 2.05) is 0 Å². The maximum Gasteiger partial charge on any atom is 0.0380 e. The number of alkyl halides is 1. The summed E-state index contributed by atoms with van der Waals surface area (Å²) in [5, 5.41) is 3.58. The molecular formula is C16H25ClN2. The summed E-state index contributed by atoms with van der Waals surface area (Å²) < 4.78 is 0. The second kappa shape index (κ2) is 8.57. The van der Waals surface area contributed by atoms with Gasteiger partial charge in [-0.05, 0) is 57.4 Å². The van der Waals surface area contributed by atoms with Crippen molar-refractivity contribution in [3.05, 3.63) is 35.9 Å². The Labute approximate surface area is 122 Å². The molecule has 0 spiro atoms. The number of rotatable bonds is 8. The highest BCUT2D eigenvalue weighted by molar-refractivity contribution is 6.18. The van der Waals surface area contributed by atoms with Gasteiger partial charge >= 0.3 is 0 Å². The Morgan fingerprint density at radius 3 is 2.58 bits per heavy atom. The quantitative estimate of drug-likeness (QED) is 0.582. The van der Waals surface area contributed by atoms with Crippen molar-refractivity contribution < 1.29 is 0 Å². The van der Waals surface area contributed by atoms with E-state index in [0.717, 1.165) is 13.0 Å². The van der Waals surface area contributed by atoms with Crippen molar-refractivity contribution in [2.24, 2.45) is 0 Å². The first kappa shape index (κ1) is 14.8. The number of hydrogen-bond acceptors (Lipinski definition) is 2. The van der Waals surface area contributed by atoms with E-state index >= 15 is 0 Å². The van der Waals surface area contributed by atoms with E-state index in [0.29, 0.717) is 11.9 Å². The topological polar surface area (TPSA) is 15.3 Å². The van der Waals surface area contributed by atoms with Gasteiger partial charge in [-0.3, -0.25) is 0 Å². The standard InChI is InChI=1S/C16H25ClN2/c17-14-16(13-15-7-2-1-3-8-15)18-9-6-12-19-10-4-5-11-19/h1-3,7-8,16,18H,4-6,9-14H2. The lowest BCUT2D eigenvalue weighted by atomic mass is 10.1. The molecule has 2 rings (SSSR count). The highest BCUT2D eigenvalue weighted by Crippen LogP contribution is 2.07. The predicted octanol–water partition coefficient (Wildman–Crippen LogP) is 2.91. The van der Waals surface area contributed by atoms with Crippen LogP contribution in [-0.2, 0) is 6.42 Å². The average Bonchev–Trinajstić information content (AvgIpc) is 2.96. The van der Waals surface area contributed by atoms with Gasteiger partial charge in [0.05, 0.1) is 0 Å². The Morgan fingerprint density at radius 2 is 1.89 bits per heavy atom. The van der Waals surface area contributed by atoms with Crippen LogP contribution in [0.1, 0.15) is 24.8 Å². The van der Waals surface area contributed by atoms with E-state index in [-0.39, 0.29) is 0 Å². The number of benzene rings is 1. The van der Waals surface area contributed by atoms with Gasteiger partial charge in [0.15, 0.2) is 0 Å². The minimum absolute atomic E-state index is 0.391. The van der Waals surface area contributed by atoms with E-state index in [4.69, 9.17) is 11.6 Å². The van der Waals surface area contributed by atoms with Gasteiger partial charge in [0, 0.05) is 11.9 Å². The van der Waals surface area contributed by atoms with Crippen molar-refractivity contribution in [1.82, 2.24) is 10.2 Å². The lowest BCUT2D eigenvalue weighted by Crippen LogP contribution is -2.35. The molecule has 0 aromatic heterocycles. The third-order valence-corrected chi connectivity index (χ3v) is 4.17. The summed E-state index contributed by atoms with van der Waals surface area (Å²) in [5.74, 6) is 0.679. The summed E-state index contributed by atoms with van der Waals surface area (Å²) in [6.45, 7) is 4.89. The molecule has 1 unspecified atom stereocenters. The van der Waals surface area contributed by atoms with Crippen LogP contribution in [0.2, 0.25) is 0 Å². The Balaban J connectivity index is 1.62. The van der Waals surface area contributed by atoms with Crippen LogP contribution in [0.3, 0.4) is 0 Å². The summed E-state index contributed by atoms with van der Waals surface area (Å²) in [4.78, 5) is 2.56. The number of nitrogens with zero attached hydrogens (tertiary/aromatic N) is 1. The fraction of sp³-hybridized carbons (Fsp3) is 0.625. The first-order chi connectivity index (χ1) is 9.38. The normalized spacial score (nSPS) is 17.7. The molecule has 106 valence electrons. The minimum Gasteiger partial charge on any atom is -0.312 e. The van der Waals surface area contributed by atoms with Gasteiger partial charge in [-0.15, -0.1) is 11.6 Å². The van der Waals surface area contributed by atoms with E-state index in [9.17, 15) is 0 Å². The zero-order valence-corrected chi connectivity index (χ0v) is 12.4. The molecule has 19 heavy (non-hydrogen) atoms. The lowest BCUT2D eigenvalue weighted by molar-refractivity contribution is 0.328. The summed E-state index contributed by atoms with van der Waals surface area (Å²) >= 11 is 6.05. The number of likely N-dealkylation sites (tertiary alicyclic amines) is 1. The maximum absolute atomic E-state index is 6.05. The Morgan fingerprint density at radius 1 is 1.16 bits per heavy atom. The molecule has 0 saturated carbocycles. The molecule has 1 aromatic carbocycles. The van der Waals surface area contributed by atoms with Gasteiger partial charge in [-0.2, -0.15) is 0 Å². The molecule has 1 N–H and O–H groups in total. The third-order valence-electron chi connectivity index (χ3n) is 3.79. The molecule has 2 nitrogen and oxygen atoms in total. The summed E-state index contributed by atoms with van der Waals surface area (Å²) in [6.07, 6.45) is 5.01. The average molecular weight is 281 g/mol. The van der Waals surface area contributed by atoms with Gasteiger partial charge in [-0.1, -0.05) is 30.3 Å². The Bertz CT molecular complexity index is 336.